The van der Waals surface area contributed by atoms with Crippen LogP contribution in [0, 0.1) is 0 Å². The first-order chi connectivity index (χ1) is 7.09. The molecule has 2 N–H and O–H groups in total. The molecule has 1 aliphatic rings. The zero-order chi connectivity index (χ0) is 11.3. The normalized spacial score (nSPS) is 15.0. The predicted molar refractivity (Wildman–Crippen MR) is 72.9 cm³/mol. The van der Waals surface area contributed by atoms with Crippen molar-refractivity contribution in [3.05, 3.63) is 21.1 Å². The molecule has 6 heteroatoms. The highest BCUT2D eigenvalue weighted by molar-refractivity contribution is 9.10. The Hall–Kier alpha value is 0.1000. The van der Waals surface area contributed by atoms with E-state index < -0.39 is 0 Å². The Morgan fingerprint density at radius 2 is 1.88 bits per heavy atom. The number of nitrogens with zero attached hydrogens (tertiary/aromatic N) is 2. The number of hydrogen-bond donors (Lipinski definition) is 1. The van der Waals surface area contributed by atoms with Gasteiger partial charge in [-0.2, -0.15) is 0 Å². The Bertz CT molecular complexity index is 317. The first kappa shape index (κ1) is 16.1. The van der Waals surface area contributed by atoms with Gasteiger partial charge in [-0.05, 0) is 40.4 Å². The van der Waals surface area contributed by atoms with Gasteiger partial charge in [0, 0.05) is 12.2 Å². The van der Waals surface area contributed by atoms with Crippen molar-refractivity contribution in [1.82, 2.24) is 9.97 Å². The smallest absolute Gasteiger partial charge is 0.223 e. The third-order valence-electron chi connectivity index (χ3n) is 2.07. The highest BCUT2D eigenvalue weighted by Gasteiger charge is 2.07. The SMILES string of the molecule is C.Clc1ncc(Br)c(Cl)n1.NC1CCCC1. The summed E-state index contributed by atoms with van der Waals surface area (Å²) < 4.78 is 0.647. The van der Waals surface area contributed by atoms with Crippen molar-refractivity contribution in [2.45, 2.75) is 39.2 Å². The van der Waals surface area contributed by atoms with Gasteiger partial charge in [0.1, 0.15) is 5.15 Å². The van der Waals surface area contributed by atoms with Crippen LogP contribution in [0.15, 0.2) is 10.7 Å². The minimum absolute atomic E-state index is 0. The molecule has 0 radical (unpaired) electrons. The molecule has 1 fully saturated rings. The molecule has 1 aromatic rings. The zero-order valence-electron chi connectivity index (χ0n) is 8.09. The third-order valence-corrected chi connectivity index (χ3v) is 3.35. The summed E-state index contributed by atoms with van der Waals surface area (Å²) in [4.78, 5) is 7.31. The Morgan fingerprint density at radius 3 is 2.19 bits per heavy atom. The van der Waals surface area contributed by atoms with Crippen LogP contribution in [0.25, 0.3) is 0 Å². The molecule has 0 unspecified atom stereocenters. The summed E-state index contributed by atoms with van der Waals surface area (Å²) in [6, 6.07) is 0.546. The molecule has 16 heavy (non-hydrogen) atoms. The fourth-order valence-electron chi connectivity index (χ4n) is 1.28. The topological polar surface area (TPSA) is 51.8 Å². The molecular formula is C10H16BrCl2N3. The lowest BCUT2D eigenvalue weighted by molar-refractivity contribution is 0.704. The molecule has 0 saturated heterocycles. The minimum atomic E-state index is 0. The summed E-state index contributed by atoms with van der Waals surface area (Å²) in [5.74, 6) is 0. The third kappa shape index (κ3) is 5.99. The van der Waals surface area contributed by atoms with Crippen molar-refractivity contribution < 1.29 is 0 Å². The molecule has 0 spiro atoms. The fraction of sp³-hybridized carbons (Fsp3) is 0.600. The Balaban J connectivity index is 0.000000283. The highest BCUT2D eigenvalue weighted by atomic mass is 79.9. The maximum Gasteiger partial charge on any atom is 0.223 e. The second kappa shape index (κ2) is 8.23. The van der Waals surface area contributed by atoms with Gasteiger partial charge in [-0.15, -0.1) is 0 Å². The molecule has 1 aliphatic carbocycles. The maximum atomic E-state index is 5.53. The van der Waals surface area contributed by atoms with Crippen molar-refractivity contribution in [1.29, 1.82) is 0 Å². The van der Waals surface area contributed by atoms with E-state index in [2.05, 4.69) is 25.9 Å². The van der Waals surface area contributed by atoms with Gasteiger partial charge < -0.3 is 5.73 Å². The van der Waals surface area contributed by atoms with Crippen LogP contribution in [0.3, 0.4) is 0 Å². The van der Waals surface area contributed by atoms with E-state index in [4.69, 9.17) is 28.9 Å². The summed E-state index contributed by atoms with van der Waals surface area (Å²) in [6.45, 7) is 0. The van der Waals surface area contributed by atoms with Gasteiger partial charge in [-0.3, -0.25) is 0 Å². The monoisotopic (exact) mass is 327 g/mol. The van der Waals surface area contributed by atoms with Gasteiger partial charge >= 0.3 is 0 Å². The summed E-state index contributed by atoms with van der Waals surface area (Å²) in [7, 11) is 0. The van der Waals surface area contributed by atoms with Crippen LogP contribution in [0.2, 0.25) is 10.4 Å². The maximum absolute atomic E-state index is 5.53. The van der Waals surface area contributed by atoms with Crippen molar-refractivity contribution in [3.8, 4) is 0 Å². The van der Waals surface area contributed by atoms with E-state index >= 15 is 0 Å². The van der Waals surface area contributed by atoms with E-state index in [9.17, 15) is 0 Å². The number of aromatic nitrogens is 2. The lowest BCUT2D eigenvalue weighted by atomic mass is 10.3. The lowest BCUT2D eigenvalue weighted by Gasteiger charge is -1.92. The summed E-state index contributed by atoms with van der Waals surface area (Å²) >= 11 is 14.0. The first-order valence-corrected chi connectivity index (χ1v) is 6.23. The zero-order valence-corrected chi connectivity index (χ0v) is 11.2. The van der Waals surface area contributed by atoms with Crippen LogP contribution in [-0.4, -0.2) is 16.0 Å². The Kier molecular flexibility index (Phi) is 8.28. The van der Waals surface area contributed by atoms with Gasteiger partial charge in [0.15, 0.2) is 0 Å². The van der Waals surface area contributed by atoms with Gasteiger partial charge in [-0.25, -0.2) is 9.97 Å². The average Bonchev–Trinajstić information content (AvgIpc) is 2.64. The number of halogens is 3. The average molecular weight is 329 g/mol. The van der Waals surface area contributed by atoms with Crippen molar-refractivity contribution in [2.75, 3.05) is 0 Å². The standard InChI is InChI=1S/C5H11N.C4HBrCl2N2.CH4/c6-5-3-1-2-4-5;5-2-1-8-4(7)9-3(2)6;/h5H,1-4,6H2;1H;1H4. The molecule has 1 saturated carbocycles. The molecule has 0 aromatic carbocycles. The second-order valence-corrected chi connectivity index (χ2v) is 4.87. The molecule has 2 rings (SSSR count). The minimum Gasteiger partial charge on any atom is -0.328 e. The van der Waals surface area contributed by atoms with E-state index in [0.717, 1.165) is 0 Å². The summed E-state index contributed by atoms with van der Waals surface area (Å²) in [5, 5.41) is 0.484. The molecule has 0 bridgehead atoms. The summed E-state index contributed by atoms with van der Waals surface area (Å²) in [5.41, 5.74) is 5.53. The first-order valence-electron chi connectivity index (χ1n) is 4.68. The van der Waals surface area contributed by atoms with Crippen LogP contribution in [0.4, 0.5) is 0 Å². The van der Waals surface area contributed by atoms with E-state index in [1.807, 2.05) is 0 Å². The van der Waals surface area contributed by atoms with Crippen LogP contribution in [-0.2, 0) is 0 Å². The number of hydrogen-bond acceptors (Lipinski definition) is 3. The fourth-order valence-corrected chi connectivity index (χ4v) is 1.78. The van der Waals surface area contributed by atoms with E-state index in [1.54, 1.807) is 0 Å². The number of nitrogens with two attached hydrogens (primary N) is 1. The van der Waals surface area contributed by atoms with Crippen LogP contribution >= 0.6 is 39.1 Å². The molecule has 1 aromatic heterocycles. The van der Waals surface area contributed by atoms with Gasteiger partial charge in [-0.1, -0.05) is 31.9 Å². The predicted octanol–water partition coefficient (Wildman–Crippen LogP) is 4.07. The van der Waals surface area contributed by atoms with E-state index in [0.29, 0.717) is 15.7 Å². The van der Waals surface area contributed by atoms with E-state index in [1.165, 1.54) is 31.9 Å². The largest absolute Gasteiger partial charge is 0.328 e. The van der Waals surface area contributed by atoms with Crippen LogP contribution < -0.4 is 5.73 Å². The van der Waals surface area contributed by atoms with Crippen LogP contribution in [0.5, 0.6) is 0 Å². The second-order valence-electron chi connectivity index (χ2n) is 3.32. The Labute approximate surface area is 115 Å². The van der Waals surface area contributed by atoms with Crippen molar-refractivity contribution in [3.63, 3.8) is 0 Å². The molecule has 0 atom stereocenters. The molecule has 0 amide bonds. The molecule has 0 aliphatic heterocycles. The quantitative estimate of drug-likeness (QED) is 0.577. The van der Waals surface area contributed by atoms with Crippen molar-refractivity contribution >= 4 is 39.1 Å². The summed E-state index contributed by atoms with van der Waals surface area (Å²) in [6.07, 6.45) is 6.75. The van der Waals surface area contributed by atoms with Crippen LogP contribution in [0.1, 0.15) is 33.1 Å². The van der Waals surface area contributed by atoms with E-state index in [-0.39, 0.29) is 12.7 Å². The van der Waals surface area contributed by atoms with Crippen molar-refractivity contribution in [2.24, 2.45) is 5.73 Å². The molecular weight excluding hydrogens is 313 g/mol. The van der Waals surface area contributed by atoms with Gasteiger partial charge in [0.05, 0.1) is 4.47 Å². The lowest BCUT2D eigenvalue weighted by Crippen LogP contribution is -2.13. The Morgan fingerprint density at radius 1 is 1.31 bits per heavy atom. The molecule has 92 valence electrons. The molecule has 3 nitrogen and oxygen atoms in total. The highest BCUT2D eigenvalue weighted by Crippen LogP contribution is 2.19. The van der Waals surface area contributed by atoms with Gasteiger partial charge in [0.2, 0.25) is 5.28 Å². The molecule has 1 heterocycles. The van der Waals surface area contributed by atoms with Gasteiger partial charge in [0.25, 0.3) is 0 Å². The number of rotatable bonds is 0.